The number of amides is 1. The number of hydrogen-bond donors (Lipinski definition) is 1. The molecule has 31 heavy (non-hydrogen) atoms. The Bertz CT molecular complexity index is 1310. The number of aryl methyl sites for hydroxylation is 1. The van der Waals surface area contributed by atoms with Crippen LogP contribution < -0.4 is 5.32 Å². The maximum absolute atomic E-state index is 12.2. The van der Waals surface area contributed by atoms with Crippen LogP contribution in [0.1, 0.15) is 17.9 Å². The monoisotopic (exact) mass is 430 g/mol. The van der Waals surface area contributed by atoms with Crippen molar-refractivity contribution >= 4 is 28.3 Å². The number of pyridine rings is 1. The Kier molecular flexibility index (Phi) is 5.24. The normalized spacial score (nSPS) is 11.1. The van der Waals surface area contributed by atoms with Crippen LogP contribution in [0, 0.1) is 0 Å². The summed E-state index contributed by atoms with van der Waals surface area (Å²) in [4.78, 5) is 25.4. The van der Waals surface area contributed by atoms with E-state index >= 15 is 0 Å². The molecule has 1 aromatic carbocycles. The van der Waals surface area contributed by atoms with Gasteiger partial charge in [0.25, 0.3) is 0 Å². The number of fused-ring (bicyclic) bond motifs is 1. The fraction of sp³-hybridized carbons (Fsp3) is 0.136. The largest absolute Gasteiger partial charge is 0.352 e. The van der Waals surface area contributed by atoms with Gasteiger partial charge in [-0.3, -0.25) is 9.36 Å². The van der Waals surface area contributed by atoms with Gasteiger partial charge in [0.1, 0.15) is 12.1 Å². The summed E-state index contributed by atoms with van der Waals surface area (Å²) in [5.41, 5.74) is 3.76. The van der Waals surface area contributed by atoms with Crippen molar-refractivity contribution in [2.24, 2.45) is 0 Å². The minimum Gasteiger partial charge on any atom is -0.352 e. The van der Waals surface area contributed by atoms with Crippen LogP contribution in [0.3, 0.4) is 0 Å². The van der Waals surface area contributed by atoms with E-state index in [1.165, 1.54) is 0 Å². The Morgan fingerprint density at radius 2 is 2.06 bits per heavy atom. The third kappa shape index (κ3) is 4.22. The van der Waals surface area contributed by atoms with E-state index in [1.54, 1.807) is 23.9 Å². The van der Waals surface area contributed by atoms with Gasteiger partial charge in [0.05, 0.1) is 11.0 Å². The minimum atomic E-state index is -0.0834. The smallest absolute Gasteiger partial charge is 0.227 e. The van der Waals surface area contributed by atoms with Crippen molar-refractivity contribution in [3.05, 3.63) is 77.2 Å². The van der Waals surface area contributed by atoms with Crippen LogP contribution in [-0.2, 0) is 17.8 Å². The van der Waals surface area contributed by atoms with E-state index in [-0.39, 0.29) is 12.3 Å². The lowest BCUT2D eigenvalue weighted by Gasteiger charge is -2.07. The van der Waals surface area contributed by atoms with Crippen LogP contribution >= 0.6 is 11.3 Å². The Morgan fingerprint density at radius 1 is 1.13 bits per heavy atom. The molecule has 154 valence electrons. The first kappa shape index (κ1) is 19.1. The molecule has 0 spiro atoms. The van der Waals surface area contributed by atoms with Crippen molar-refractivity contribution in [3.63, 3.8) is 0 Å². The highest BCUT2D eigenvalue weighted by Crippen LogP contribution is 2.19. The van der Waals surface area contributed by atoms with E-state index in [0.29, 0.717) is 24.7 Å². The molecule has 0 bridgehead atoms. The molecule has 8 nitrogen and oxygen atoms in total. The standard InChI is InChI=1S/C22H18N6O2S/c29-20(7-8-21-26-22(27-30-21)16-9-10-31-13-16)24-12-15-5-6-19(23-11-15)28-14-25-17-3-1-2-4-18(17)28/h1-6,9-11,13-14H,7-8,12H2,(H,24,29). The highest BCUT2D eigenvalue weighted by atomic mass is 32.1. The Balaban J connectivity index is 1.14. The van der Waals surface area contributed by atoms with Crippen molar-refractivity contribution in [2.75, 3.05) is 0 Å². The van der Waals surface area contributed by atoms with Gasteiger partial charge in [0, 0.05) is 36.5 Å². The van der Waals surface area contributed by atoms with Crippen molar-refractivity contribution in [2.45, 2.75) is 19.4 Å². The van der Waals surface area contributed by atoms with Gasteiger partial charge in [-0.1, -0.05) is 23.4 Å². The number of para-hydroxylation sites is 2. The Morgan fingerprint density at radius 3 is 2.90 bits per heavy atom. The van der Waals surface area contributed by atoms with E-state index < -0.39 is 0 Å². The van der Waals surface area contributed by atoms with Crippen LogP contribution in [0.2, 0.25) is 0 Å². The van der Waals surface area contributed by atoms with Crippen LogP contribution in [0.15, 0.2) is 70.3 Å². The SMILES string of the molecule is O=C(CCc1nc(-c2ccsc2)no1)NCc1ccc(-n2cnc3ccccc32)nc1. The van der Waals surface area contributed by atoms with E-state index in [1.807, 2.05) is 57.8 Å². The predicted molar refractivity (Wildman–Crippen MR) is 117 cm³/mol. The number of nitrogens with one attached hydrogen (secondary N) is 1. The molecule has 0 unspecified atom stereocenters. The van der Waals surface area contributed by atoms with Crippen molar-refractivity contribution in [1.82, 2.24) is 30.0 Å². The second-order valence-corrected chi connectivity index (χ2v) is 7.71. The summed E-state index contributed by atoms with van der Waals surface area (Å²) in [7, 11) is 0. The molecule has 0 saturated heterocycles. The summed E-state index contributed by atoms with van der Waals surface area (Å²) >= 11 is 1.57. The highest BCUT2D eigenvalue weighted by Gasteiger charge is 2.11. The zero-order valence-corrected chi connectivity index (χ0v) is 17.2. The van der Waals surface area contributed by atoms with Crippen molar-refractivity contribution < 1.29 is 9.32 Å². The van der Waals surface area contributed by atoms with Crippen LogP contribution in [0.5, 0.6) is 0 Å². The first-order chi connectivity index (χ1) is 15.3. The third-order valence-electron chi connectivity index (χ3n) is 4.81. The highest BCUT2D eigenvalue weighted by molar-refractivity contribution is 7.08. The van der Waals surface area contributed by atoms with Crippen LogP contribution in [0.25, 0.3) is 28.2 Å². The first-order valence-electron chi connectivity index (χ1n) is 9.75. The number of hydrogen-bond acceptors (Lipinski definition) is 7. The summed E-state index contributed by atoms with van der Waals surface area (Å²) in [6.45, 7) is 0.404. The zero-order valence-electron chi connectivity index (χ0n) is 16.4. The summed E-state index contributed by atoms with van der Waals surface area (Å²) in [6.07, 6.45) is 4.19. The molecule has 0 fully saturated rings. The number of carbonyl (C=O) groups is 1. The van der Waals surface area contributed by atoms with E-state index in [4.69, 9.17) is 4.52 Å². The summed E-state index contributed by atoms with van der Waals surface area (Å²) in [5.74, 6) is 1.70. The van der Waals surface area contributed by atoms with Gasteiger partial charge in [0.2, 0.25) is 17.6 Å². The zero-order chi connectivity index (χ0) is 21.0. The number of benzene rings is 1. The molecule has 0 aliphatic heterocycles. The molecule has 9 heteroatoms. The lowest BCUT2D eigenvalue weighted by Crippen LogP contribution is -2.23. The molecule has 0 radical (unpaired) electrons. The maximum atomic E-state index is 12.2. The van der Waals surface area contributed by atoms with Gasteiger partial charge in [-0.05, 0) is 35.2 Å². The average molecular weight is 430 g/mol. The van der Waals surface area contributed by atoms with Gasteiger partial charge in [-0.25, -0.2) is 9.97 Å². The predicted octanol–water partition coefficient (Wildman–Crippen LogP) is 3.78. The maximum Gasteiger partial charge on any atom is 0.227 e. The minimum absolute atomic E-state index is 0.0834. The van der Waals surface area contributed by atoms with Crippen molar-refractivity contribution in [1.29, 1.82) is 0 Å². The van der Waals surface area contributed by atoms with Gasteiger partial charge in [0.15, 0.2) is 0 Å². The fourth-order valence-corrected chi connectivity index (χ4v) is 3.81. The number of imidazole rings is 1. The molecular formula is C22H18N6O2S. The molecule has 4 heterocycles. The molecule has 0 aliphatic rings. The lowest BCUT2D eigenvalue weighted by molar-refractivity contribution is -0.121. The summed E-state index contributed by atoms with van der Waals surface area (Å²) in [6, 6.07) is 13.7. The van der Waals surface area contributed by atoms with E-state index in [2.05, 4.69) is 25.4 Å². The van der Waals surface area contributed by atoms with Gasteiger partial charge >= 0.3 is 0 Å². The number of nitrogens with zero attached hydrogens (tertiary/aromatic N) is 5. The Labute approximate surface area is 181 Å². The second kappa shape index (κ2) is 8.49. The molecule has 4 aromatic heterocycles. The summed E-state index contributed by atoms with van der Waals surface area (Å²) < 4.78 is 7.16. The topological polar surface area (TPSA) is 98.7 Å². The second-order valence-electron chi connectivity index (χ2n) is 6.93. The van der Waals surface area contributed by atoms with Gasteiger partial charge in [-0.2, -0.15) is 16.3 Å². The first-order valence-corrected chi connectivity index (χ1v) is 10.7. The molecular weight excluding hydrogens is 412 g/mol. The third-order valence-corrected chi connectivity index (χ3v) is 5.50. The summed E-state index contributed by atoms with van der Waals surface area (Å²) in [5, 5.41) is 10.8. The number of thiophene rings is 1. The van der Waals surface area contributed by atoms with Crippen LogP contribution in [0.4, 0.5) is 0 Å². The van der Waals surface area contributed by atoms with Crippen LogP contribution in [-0.4, -0.2) is 30.6 Å². The number of carbonyl (C=O) groups excluding carboxylic acids is 1. The lowest BCUT2D eigenvalue weighted by atomic mass is 10.2. The van der Waals surface area contributed by atoms with Crippen molar-refractivity contribution in [3.8, 4) is 17.2 Å². The molecule has 5 rings (SSSR count). The molecule has 0 saturated carbocycles. The quantitative estimate of drug-likeness (QED) is 0.422. The molecule has 0 atom stereocenters. The van der Waals surface area contributed by atoms with E-state index in [9.17, 15) is 4.79 Å². The van der Waals surface area contributed by atoms with Gasteiger partial charge < -0.3 is 9.84 Å². The molecule has 1 amide bonds. The molecule has 0 aliphatic carbocycles. The molecule has 5 aromatic rings. The van der Waals surface area contributed by atoms with E-state index in [0.717, 1.165) is 28.0 Å². The number of aromatic nitrogens is 5. The average Bonchev–Trinajstić information content (AvgIpc) is 3.57. The fourth-order valence-electron chi connectivity index (χ4n) is 3.18. The number of rotatable bonds is 7. The molecule has 1 N–H and O–H groups in total. The Hall–Kier alpha value is -3.85. The van der Waals surface area contributed by atoms with Gasteiger partial charge in [-0.15, -0.1) is 0 Å².